The molecule has 1 aromatic heterocycles. The van der Waals surface area contributed by atoms with Crippen molar-refractivity contribution in [2.24, 2.45) is 5.73 Å². The molecule has 10 nitrogen and oxygen atoms in total. The van der Waals surface area contributed by atoms with E-state index in [0.717, 1.165) is 36.5 Å². The van der Waals surface area contributed by atoms with Crippen molar-refractivity contribution in [3.63, 3.8) is 0 Å². The highest BCUT2D eigenvalue weighted by atomic mass is 19.4. The van der Waals surface area contributed by atoms with Crippen LogP contribution in [0.15, 0.2) is 48.7 Å². The molecule has 194 valence electrons. The van der Waals surface area contributed by atoms with E-state index in [9.17, 15) is 31.5 Å². The van der Waals surface area contributed by atoms with E-state index in [4.69, 9.17) is 19.3 Å². The maximum Gasteiger partial charge on any atom is 0.586 e. The van der Waals surface area contributed by atoms with Crippen LogP contribution in [0.5, 0.6) is 34.5 Å². The predicted molar refractivity (Wildman–Crippen MR) is 113 cm³/mol. The van der Waals surface area contributed by atoms with Crippen LogP contribution < -0.4 is 34.7 Å². The lowest BCUT2D eigenvalue weighted by atomic mass is 10.1. The molecule has 4 rings (SSSR count). The fraction of sp³-hybridized carbons (Fsp3) is 0.136. The molecule has 0 bridgehead atoms. The van der Waals surface area contributed by atoms with Gasteiger partial charge in [0.1, 0.15) is 22.8 Å². The molecule has 0 fully saturated rings. The van der Waals surface area contributed by atoms with Gasteiger partial charge in [0, 0.05) is 18.0 Å². The SMILES string of the molecule is [2H]C([2H])([2H])Oc1cc(OC(F)(F)F)ccc1Oc1ccc2c(c1C(=O)Nc1ccnc(C(N)=O)c1)OC(F)(F)O2. The van der Waals surface area contributed by atoms with E-state index >= 15 is 0 Å². The molecule has 0 unspecified atom stereocenters. The largest absolute Gasteiger partial charge is 0.586 e. The zero-order chi connectivity index (χ0) is 29.5. The van der Waals surface area contributed by atoms with Crippen LogP contribution in [0.2, 0.25) is 0 Å². The first-order valence-electron chi connectivity index (χ1n) is 11.3. The first-order valence-corrected chi connectivity index (χ1v) is 9.76. The second-order valence-corrected chi connectivity index (χ2v) is 7.04. The summed E-state index contributed by atoms with van der Waals surface area (Å²) in [5, 5.41) is 2.31. The average Bonchev–Trinajstić information content (AvgIpc) is 3.12. The highest BCUT2D eigenvalue weighted by Crippen LogP contribution is 2.48. The number of alkyl halides is 5. The van der Waals surface area contributed by atoms with Gasteiger partial charge in [0.15, 0.2) is 23.0 Å². The summed E-state index contributed by atoms with van der Waals surface area (Å²) in [5.74, 6) is -6.20. The Morgan fingerprint density at radius 3 is 2.54 bits per heavy atom. The number of nitrogens with one attached hydrogen (secondary N) is 1. The second kappa shape index (κ2) is 9.33. The molecule has 0 atom stereocenters. The van der Waals surface area contributed by atoms with Gasteiger partial charge in [-0.3, -0.25) is 14.6 Å². The molecule has 3 aromatic rings. The van der Waals surface area contributed by atoms with E-state index in [-0.39, 0.29) is 11.4 Å². The van der Waals surface area contributed by atoms with E-state index in [1.54, 1.807) is 0 Å². The topological polar surface area (TPSA) is 131 Å². The number of aromatic nitrogens is 1. The third-order valence-electron chi connectivity index (χ3n) is 4.51. The Morgan fingerprint density at radius 2 is 1.84 bits per heavy atom. The zero-order valence-corrected chi connectivity index (χ0v) is 17.9. The Balaban J connectivity index is 1.76. The highest BCUT2D eigenvalue weighted by Gasteiger charge is 2.46. The summed E-state index contributed by atoms with van der Waals surface area (Å²) in [5.41, 5.74) is 4.16. The smallest absolute Gasteiger partial charge is 0.493 e. The van der Waals surface area contributed by atoms with Crippen molar-refractivity contribution >= 4 is 17.5 Å². The summed E-state index contributed by atoms with van der Waals surface area (Å²) in [6.45, 7) is 0. The van der Waals surface area contributed by atoms with Crippen LogP contribution >= 0.6 is 0 Å². The van der Waals surface area contributed by atoms with Crippen molar-refractivity contribution in [3.8, 4) is 34.5 Å². The maximum absolute atomic E-state index is 13.9. The number of pyridine rings is 1. The molecule has 2 aromatic carbocycles. The predicted octanol–water partition coefficient (Wildman–Crippen LogP) is 4.45. The van der Waals surface area contributed by atoms with Crippen molar-refractivity contribution in [1.82, 2.24) is 4.98 Å². The zero-order valence-electron chi connectivity index (χ0n) is 20.9. The molecule has 37 heavy (non-hydrogen) atoms. The van der Waals surface area contributed by atoms with Crippen molar-refractivity contribution < 1.29 is 59.3 Å². The molecule has 1 aliphatic heterocycles. The number of primary amides is 1. The number of halogens is 5. The fourth-order valence-electron chi connectivity index (χ4n) is 3.10. The van der Waals surface area contributed by atoms with E-state index in [1.165, 1.54) is 6.07 Å². The van der Waals surface area contributed by atoms with Gasteiger partial charge in [-0.15, -0.1) is 22.0 Å². The van der Waals surface area contributed by atoms with E-state index < -0.39 is 71.6 Å². The number of nitrogens with zero attached hydrogens (tertiary/aromatic N) is 1. The lowest BCUT2D eigenvalue weighted by molar-refractivity contribution is -0.286. The van der Waals surface area contributed by atoms with E-state index in [2.05, 4.69) is 24.5 Å². The second-order valence-electron chi connectivity index (χ2n) is 7.04. The molecule has 0 saturated heterocycles. The Labute approximate surface area is 207 Å². The van der Waals surface area contributed by atoms with Crippen LogP contribution in [0.1, 0.15) is 25.0 Å². The highest BCUT2D eigenvalue weighted by molar-refractivity contribution is 6.09. The number of fused-ring (bicyclic) bond motifs is 1. The lowest BCUT2D eigenvalue weighted by Crippen LogP contribution is -2.26. The van der Waals surface area contributed by atoms with Gasteiger partial charge in [-0.25, -0.2) is 0 Å². The minimum absolute atomic E-state index is 0.0527. The number of hydrogen-bond acceptors (Lipinski definition) is 8. The summed E-state index contributed by atoms with van der Waals surface area (Å²) in [6.07, 6.45) is -8.19. The van der Waals surface area contributed by atoms with Gasteiger partial charge in [-0.2, -0.15) is 0 Å². The van der Waals surface area contributed by atoms with Crippen LogP contribution in [-0.4, -0.2) is 36.5 Å². The van der Waals surface area contributed by atoms with Crippen LogP contribution in [-0.2, 0) is 0 Å². The molecule has 0 spiro atoms. The molecular formula is C22H14F5N3O7. The van der Waals surface area contributed by atoms with Gasteiger partial charge < -0.3 is 34.7 Å². The number of carbonyl (C=O) groups is 2. The van der Waals surface area contributed by atoms with Gasteiger partial charge in [0.25, 0.3) is 11.8 Å². The summed E-state index contributed by atoms with van der Waals surface area (Å²) >= 11 is 0. The maximum atomic E-state index is 13.9. The molecular weight excluding hydrogens is 513 g/mol. The van der Waals surface area contributed by atoms with Crippen LogP contribution in [0.25, 0.3) is 0 Å². The van der Waals surface area contributed by atoms with Gasteiger partial charge >= 0.3 is 12.7 Å². The van der Waals surface area contributed by atoms with Crippen molar-refractivity contribution in [2.75, 3.05) is 12.4 Å². The minimum atomic E-state index is -5.13. The van der Waals surface area contributed by atoms with Crippen molar-refractivity contribution in [2.45, 2.75) is 12.7 Å². The summed E-state index contributed by atoms with van der Waals surface area (Å²) in [4.78, 5) is 28.3. The monoisotopic (exact) mass is 530 g/mol. The Morgan fingerprint density at radius 1 is 1.08 bits per heavy atom. The average molecular weight is 530 g/mol. The van der Waals surface area contributed by atoms with E-state index in [1.807, 2.05) is 0 Å². The van der Waals surface area contributed by atoms with Gasteiger partial charge in [0.2, 0.25) is 0 Å². The molecule has 1 aliphatic rings. The van der Waals surface area contributed by atoms with Crippen LogP contribution in [0, 0.1) is 0 Å². The van der Waals surface area contributed by atoms with Gasteiger partial charge in [0.05, 0.1) is 11.2 Å². The number of nitrogens with two attached hydrogens (primary N) is 1. The molecule has 0 saturated carbocycles. The van der Waals surface area contributed by atoms with E-state index in [0.29, 0.717) is 6.07 Å². The molecule has 3 N–H and O–H groups in total. The molecule has 15 heteroatoms. The molecule has 0 aliphatic carbocycles. The third kappa shape index (κ3) is 5.71. The van der Waals surface area contributed by atoms with Crippen molar-refractivity contribution in [1.29, 1.82) is 0 Å². The number of benzene rings is 2. The number of hydrogen-bond donors (Lipinski definition) is 2. The quantitative estimate of drug-likeness (QED) is 0.429. The Kier molecular flexibility index (Phi) is 5.41. The lowest BCUT2D eigenvalue weighted by Gasteiger charge is -2.16. The first kappa shape index (κ1) is 21.5. The van der Waals surface area contributed by atoms with Crippen molar-refractivity contribution in [3.05, 3.63) is 59.9 Å². The third-order valence-corrected chi connectivity index (χ3v) is 4.51. The summed E-state index contributed by atoms with van der Waals surface area (Å²) in [6, 6.07) is 6.35. The minimum Gasteiger partial charge on any atom is -0.493 e. The number of anilines is 1. The van der Waals surface area contributed by atoms with Gasteiger partial charge in [-0.1, -0.05) is 0 Å². The van der Waals surface area contributed by atoms with Gasteiger partial charge in [-0.05, 0) is 36.4 Å². The molecule has 2 amide bonds. The Hall–Kier alpha value is -4.82. The molecule has 0 radical (unpaired) electrons. The Bertz CT molecular complexity index is 1490. The number of carbonyl (C=O) groups excluding carboxylic acids is 2. The standard InChI is InChI=1S/C22H14F5N3O7/c1-33-16-9-11(35-21(23,24)25)2-3-13(16)34-14-4-5-15-18(37-22(26,27)36-15)17(14)20(32)30-10-6-7-29-12(8-10)19(28)31/h2-9H,1H3,(H2,28,31)(H,29,30,32)/i1D3. The first-order chi connectivity index (χ1) is 18.5. The number of rotatable bonds is 7. The fourth-order valence-corrected chi connectivity index (χ4v) is 3.10. The number of methoxy groups -OCH3 is 1. The molecule has 2 heterocycles. The summed E-state index contributed by atoms with van der Waals surface area (Å²) < 4.78 is 110. The van der Waals surface area contributed by atoms with Crippen LogP contribution in [0.4, 0.5) is 27.6 Å². The number of amides is 2. The normalized spacial score (nSPS) is 15.1. The number of ether oxygens (including phenoxy) is 5. The van der Waals surface area contributed by atoms with Crippen LogP contribution in [0.3, 0.4) is 0 Å². The summed E-state index contributed by atoms with van der Waals surface area (Å²) in [7, 11) is -3.18.